The second-order valence-corrected chi connectivity index (χ2v) is 7.95. The molecule has 1 amide bonds. The lowest BCUT2D eigenvalue weighted by molar-refractivity contribution is 0.0889. The number of thiophene rings is 1. The topological polar surface area (TPSA) is 29.1 Å². The minimum atomic E-state index is -0.168. The van der Waals surface area contributed by atoms with Crippen LogP contribution in [-0.2, 0) is 12.8 Å². The number of halogens is 1. The van der Waals surface area contributed by atoms with Gasteiger partial charge in [-0.3, -0.25) is 4.79 Å². The van der Waals surface area contributed by atoms with Crippen molar-refractivity contribution >= 4 is 28.8 Å². The van der Waals surface area contributed by atoms with E-state index in [0.29, 0.717) is 5.88 Å². The molecule has 1 aromatic rings. The normalized spacial score (nSPS) is 21.4. The largest absolute Gasteiger partial charge is 0.345 e. The van der Waals surface area contributed by atoms with Gasteiger partial charge in [0.05, 0.1) is 10.4 Å². The molecule has 1 saturated carbocycles. The summed E-state index contributed by atoms with van der Waals surface area (Å²) < 4.78 is 0. The van der Waals surface area contributed by atoms with Gasteiger partial charge in [-0.25, -0.2) is 0 Å². The number of aryl methyl sites for hydroxylation is 2. The second kappa shape index (κ2) is 6.70. The van der Waals surface area contributed by atoms with Crippen LogP contribution in [0.5, 0.6) is 0 Å². The lowest BCUT2D eigenvalue weighted by atomic mass is 9.83. The molecule has 2 aliphatic carbocycles. The van der Waals surface area contributed by atoms with Gasteiger partial charge in [-0.1, -0.05) is 25.7 Å². The molecule has 2 nitrogen and oxygen atoms in total. The fourth-order valence-electron chi connectivity index (χ4n) is 3.60. The van der Waals surface area contributed by atoms with E-state index in [1.807, 2.05) is 0 Å². The van der Waals surface area contributed by atoms with Crippen LogP contribution in [0.25, 0.3) is 0 Å². The van der Waals surface area contributed by atoms with Crippen LogP contribution in [0.15, 0.2) is 6.07 Å². The van der Waals surface area contributed by atoms with Crippen LogP contribution in [0.2, 0.25) is 0 Å². The number of fused-ring (bicyclic) bond motifs is 1. The van der Waals surface area contributed by atoms with Crippen molar-refractivity contribution in [1.82, 2.24) is 5.32 Å². The van der Waals surface area contributed by atoms with Crippen LogP contribution in [0.4, 0.5) is 0 Å². The van der Waals surface area contributed by atoms with Crippen molar-refractivity contribution in [2.75, 3.05) is 5.88 Å². The Balaban J connectivity index is 1.73. The zero-order valence-electron chi connectivity index (χ0n) is 12.5. The molecule has 4 heteroatoms. The van der Waals surface area contributed by atoms with Crippen molar-refractivity contribution < 1.29 is 4.79 Å². The van der Waals surface area contributed by atoms with Gasteiger partial charge in [0.15, 0.2) is 0 Å². The van der Waals surface area contributed by atoms with Gasteiger partial charge in [0.2, 0.25) is 0 Å². The number of amides is 1. The maximum Gasteiger partial charge on any atom is 0.261 e. The standard InChI is InChI=1S/C17H24ClNOS/c18-12-17(9-5-2-6-10-17)19-16(20)15-11-13-7-3-1-4-8-14(13)21-15/h11H,1-10,12H2,(H,19,20). The molecule has 116 valence electrons. The molecule has 1 heterocycles. The lowest BCUT2D eigenvalue weighted by Crippen LogP contribution is -2.51. The van der Waals surface area contributed by atoms with Crippen LogP contribution in [0.3, 0.4) is 0 Å². The minimum Gasteiger partial charge on any atom is -0.345 e. The Morgan fingerprint density at radius 1 is 1.14 bits per heavy atom. The smallest absolute Gasteiger partial charge is 0.261 e. The van der Waals surface area contributed by atoms with Crippen molar-refractivity contribution in [2.24, 2.45) is 0 Å². The van der Waals surface area contributed by atoms with Gasteiger partial charge in [0.1, 0.15) is 0 Å². The van der Waals surface area contributed by atoms with Gasteiger partial charge < -0.3 is 5.32 Å². The fourth-order valence-corrected chi connectivity index (χ4v) is 5.09. The lowest BCUT2D eigenvalue weighted by Gasteiger charge is -2.36. The Labute approximate surface area is 136 Å². The molecule has 0 unspecified atom stereocenters. The molecule has 0 radical (unpaired) electrons. The SMILES string of the molecule is O=C(NC1(CCl)CCCCC1)c1cc2c(s1)CCCCC2. The van der Waals surface area contributed by atoms with E-state index in [1.165, 1.54) is 49.0 Å². The summed E-state index contributed by atoms with van der Waals surface area (Å²) in [5.74, 6) is 0.625. The summed E-state index contributed by atoms with van der Waals surface area (Å²) in [5, 5.41) is 3.26. The fraction of sp³-hybridized carbons (Fsp3) is 0.706. The highest BCUT2D eigenvalue weighted by Gasteiger charge is 2.33. The van der Waals surface area contributed by atoms with Gasteiger partial charge in [-0.2, -0.15) is 0 Å². The van der Waals surface area contributed by atoms with Gasteiger partial charge in [0, 0.05) is 10.8 Å². The molecule has 0 aliphatic heterocycles. The molecule has 1 fully saturated rings. The number of rotatable bonds is 3. The van der Waals surface area contributed by atoms with Crippen molar-refractivity contribution in [2.45, 2.75) is 69.7 Å². The molecule has 0 atom stereocenters. The highest BCUT2D eigenvalue weighted by Crippen LogP contribution is 2.32. The number of alkyl halides is 1. The van der Waals surface area contributed by atoms with Crippen LogP contribution < -0.4 is 5.32 Å². The van der Waals surface area contributed by atoms with Gasteiger partial charge in [-0.05, 0) is 50.2 Å². The van der Waals surface area contributed by atoms with E-state index in [-0.39, 0.29) is 11.4 Å². The maximum absolute atomic E-state index is 12.6. The number of hydrogen-bond acceptors (Lipinski definition) is 2. The van der Waals surface area contributed by atoms with Crippen LogP contribution >= 0.6 is 22.9 Å². The first kappa shape index (κ1) is 15.4. The van der Waals surface area contributed by atoms with E-state index >= 15 is 0 Å². The first-order valence-electron chi connectivity index (χ1n) is 8.22. The quantitative estimate of drug-likeness (QED) is 0.634. The van der Waals surface area contributed by atoms with E-state index in [0.717, 1.165) is 30.6 Å². The first-order chi connectivity index (χ1) is 10.2. The summed E-state index contributed by atoms with van der Waals surface area (Å²) in [4.78, 5) is 14.9. The first-order valence-corrected chi connectivity index (χ1v) is 9.58. The van der Waals surface area contributed by atoms with E-state index in [1.54, 1.807) is 11.3 Å². The third-order valence-corrected chi connectivity index (χ3v) is 6.66. The molecule has 0 bridgehead atoms. The summed E-state index contributed by atoms with van der Waals surface area (Å²) in [5.41, 5.74) is 1.24. The Bertz CT molecular complexity index is 481. The Hall–Kier alpha value is -0.540. The molecular weight excluding hydrogens is 302 g/mol. The van der Waals surface area contributed by atoms with E-state index < -0.39 is 0 Å². The average Bonchev–Trinajstić information content (AvgIpc) is 2.79. The van der Waals surface area contributed by atoms with E-state index in [4.69, 9.17) is 11.6 Å². The summed E-state index contributed by atoms with van der Waals surface area (Å²) in [6, 6.07) is 2.13. The highest BCUT2D eigenvalue weighted by atomic mass is 35.5. The van der Waals surface area contributed by atoms with Gasteiger partial charge in [-0.15, -0.1) is 22.9 Å². The molecule has 0 saturated heterocycles. The van der Waals surface area contributed by atoms with E-state index in [9.17, 15) is 4.79 Å². The molecule has 1 N–H and O–H groups in total. The van der Waals surface area contributed by atoms with Crippen LogP contribution in [0, 0.1) is 0 Å². The Kier molecular flexibility index (Phi) is 4.90. The number of hydrogen-bond donors (Lipinski definition) is 1. The predicted molar refractivity (Wildman–Crippen MR) is 89.6 cm³/mol. The summed E-state index contributed by atoms with van der Waals surface area (Å²) >= 11 is 7.88. The monoisotopic (exact) mass is 325 g/mol. The van der Waals surface area contributed by atoms with Gasteiger partial charge >= 0.3 is 0 Å². The third-order valence-electron chi connectivity index (χ3n) is 4.92. The van der Waals surface area contributed by atoms with Crippen molar-refractivity contribution in [3.05, 3.63) is 21.4 Å². The number of carbonyl (C=O) groups is 1. The van der Waals surface area contributed by atoms with E-state index in [2.05, 4.69) is 11.4 Å². The number of nitrogens with one attached hydrogen (secondary N) is 1. The molecular formula is C17H24ClNOS. The molecule has 21 heavy (non-hydrogen) atoms. The van der Waals surface area contributed by atoms with Crippen molar-refractivity contribution in [3.63, 3.8) is 0 Å². The highest BCUT2D eigenvalue weighted by molar-refractivity contribution is 7.14. The third kappa shape index (κ3) is 3.45. The van der Waals surface area contributed by atoms with Crippen molar-refractivity contribution in [3.8, 4) is 0 Å². The summed E-state index contributed by atoms with van der Waals surface area (Å²) in [6.07, 6.45) is 11.8. The second-order valence-electron chi connectivity index (χ2n) is 6.55. The summed E-state index contributed by atoms with van der Waals surface area (Å²) in [7, 11) is 0. The average molecular weight is 326 g/mol. The Morgan fingerprint density at radius 2 is 1.86 bits per heavy atom. The molecule has 0 spiro atoms. The van der Waals surface area contributed by atoms with Gasteiger partial charge in [0.25, 0.3) is 5.91 Å². The maximum atomic E-state index is 12.6. The summed E-state index contributed by atoms with van der Waals surface area (Å²) in [6.45, 7) is 0. The van der Waals surface area contributed by atoms with Crippen LogP contribution in [-0.4, -0.2) is 17.3 Å². The molecule has 0 aromatic carbocycles. The molecule has 3 rings (SSSR count). The molecule has 1 aromatic heterocycles. The number of carbonyl (C=O) groups excluding carboxylic acids is 1. The zero-order valence-corrected chi connectivity index (χ0v) is 14.1. The minimum absolute atomic E-state index is 0.0932. The van der Waals surface area contributed by atoms with Crippen LogP contribution in [0.1, 0.15) is 71.5 Å². The predicted octanol–water partition coefficient (Wildman–Crippen LogP) is 4.69. The zero-order chi connectivity index (χ0) is 14.7. The van der Waals surface area contributed by atoms with Crippen molar-refractivity contribution in [1.29, 1.82) is 0 Å². The molecule has 2 aliphatic rings. The Morgan fingerprint density at radius 3 is 2.62 bits per heavy atom.